The molecule has 1 saturated carbocycles. The van der Waals surface area contributed by atoms with E-state index in [2.05, 4.69) is 0 Å². The van der Waals surface area contributed by atoms with Crippen LogP contribution in [-0.4, -0.2) is 81.6 Å². The maximum Gasteiger partial charge on any atom is 0.335 e. The number of carbonyl (C=O) groups excluding carboxylic acids is 2. The lowest BCUT2D eigenvalue weighted by Gasteiger charge is -2.40. The molecule has 0 saturated heterocycles. The number of phenols is 2. The number of carboxylic acids is 1. The Labute approximate surface area is 222 Å². The largest absolute Gasteiger partial charge is 0.508 e. The van der Waals surface area contributed by atoms with E-state index < -0.39 is 54.7 Å². The van der Waals surface area contributed by atoms with Crippen molar-refractivity contribution in [3.63, 3.8) is 0 Å². The van der Waals surface area contributed by atoms with Crippen LogP contribution in [0.2, 0.25) is 0 Å². The van der Waals surface area contributed by atoms with Gasteiger partial charge in [0.15, 0.2) is 23.2 Å². The number of hydrogen-bond donors (Lipinski definition) is 5. The second-order valence-corrected chi connectivity index (χ2v) is 8.72. The number of aliphatic hydroxyl groups excluding tert-OH is 1. The first-order valence-electron chi connectivity index (χ1n) is 11.6. The van der Waals surface area contributed by atoms with Crippen molar-refractivity contribution < 1.29 is 58.9 Å². The Morgan fingerprint density at radius 1 is 0.872 bits per heavy atom. The lowest BCUT2D eigenvalue weighted by atomic mass is 9.79. The van der Waals surface area contributed by atoms with Crippen LogP contribution < -0.4 is 9.47 Å². The number of carbonyl (C=O) groups is 3. The average Bonchev–Trinajstić information content (AvgIpc) is 2.89. The highest BCUT2D eigenvalue weighted by Crippen LogP contribution is 2.37. The number of esters is 2. The Morgan fingerprint density at radius 3 is 1.95 bits per heavy atom. The summed E-state index contributed by atoms with van der Waals surface area (Å²) in [5.74, 6) is -3.58. The zero-order valence-electron chi connectivity index (χ0n) is 21.0. The van der Waals surface area contributed by atoms with E-state index >= 15 is 0 Å². The molecule has 12 nitrogen and oxygen atoms in total. The normalized spacial score (nSPS) is 22.9. The third kappa shape index (κ3) is 7.27. The van der Waals surface area contributed by atoms with Gasteiger partial charge in [-0.25, -0.2) is 14.4 Å². The molecule has 0 spiro atoms. The molecule has 0 unspecified atom stereocenters. The lowest BCUT2D eigenvalue weighted by Crippen LogP contribution is -2.58. The van der Waals surface area contributed by atoms with Crippen molar-refractivity contribution in [3.05, 3.63) is 59.7 Å². The van der Waals surface area contributed by atoms with Crippen LogP contribution in [0.15, 0.2) is 48.6 Å². The van der Waals surface area contributed by atoms with Crippen molar-refractivity contribution in [3.8, 4) is 23.0 Å². The Balaban J connectivity index is 1.77. The van der Waals surface area contributed by atoms with Crippen molar-refractivity contribution in [2.75, 3.05) is 14.2 Å². The van der Waals surface area contributed by atoms with Crippen molar-refractivity contribution >= 4 is 30.1 Å². The predicted octanol–water partition coefficient (Wildman–Crippen LogP) is 1.64. The summed E-state index contributed by atoms with van der Waals surface area (Å²) in [5.41, 5.74) is -1.49. The highest BCUT2D eigenvalue weighted by molar-refractivity contribution is 5.88. The smallest absolute Gasteiger partial charge is 0.335 e. The number of aromatic hydroxyl groups is 2. The van der Waals surface area contributed by atoms with E-state index in [1.807, 2.05) is 0 Å². The van der Waals surface area contributed by atoms with Gasteiger partial charge in [0, 0.05) is 25.0 Å². The molecule has 5 N–H and O–H groups in total. The van der Waals surface area contributed by atoms with E-state index in [0.717, 1.165) is 12.2 Å². The maximum absolute atomic E-state index is 12.6. The molecule has 208 valence electrons. The van der Waals surface area contributed by atoms with Gasteiger partial charge in [-0.1, -0.05) is 12.1 Å². The summed E-state index contributed by atoms with van der Waals surface area (Å²) >= 11 is 0. The number of hydrogen-bond acceptors (Lipinski definition) is 11. The molecule has 3 rings (SSSR count). The Bertz CT molecular complexity index is 1240. The van der Waals surface area contributed by atoms with Gasteiger partial charge in [0.25, 0.3) is 0 Å². The zero-order chi connectivity index (χ0) is 28.7. The summed E-state index contributed by atoms with van der Waals surface area (Å²) in [7, 11) is 2.67. The molecule has 0 aromatic heterocycles. The number of phenolic OH excluding ortho intramolecular Hbond substituents is 2. The minimum Gasteiger partial charge on any atom is -0.508 e. The first kappa shape index (κ1) is 29.0. The van der Waals surface area contributed by atoms with Crippen molar-refractivity contribution in [2.45, 2.75) is 36.8 Å². The van der Waals surface area contributed by atoms with E-state index in [1.165, 1.54) is 62.8 Å². The molecule has 39 heavy (non-hydrogen) atoms. The Morgan fingerprint density at radius 2 is 1.41 bits per heavy atom. The van der Waals surface area contributed by atoms with Gasteiger partial charge in [0.2, 0.25) is 5.75 Å². The summed E-state index contributed by atoms with van der Waals surface area (Å²) in [4.78, 5) is 36.7. The van der Waals surface area contributed by atoms with Crippen molar-refractivity contribution in [2.24, 2.45) is 0 Å². The van der Waals surface area contributed by atoms with E-state index in [1.54, 1.807) is 0 Å². The average molecular weight is 545 g/mol. The molecule has 0 radical (unpaired) electrons. The summed E-state index contributed by atoms with van der Waals surface area (Å²) in [6.07, 6.45) is -1.28. The van der Waals surface area contributed by atoms with Crippen LogP contribution in [0.1, 0.15) is 24.0 Å². The quantitative estimate of drug-likeness (QED) is 0.227. The van der Waals surface area contributed by atoms with Gasteiger partial charge >= 0.3 is 17.9 Å². The number of aliphatic carboxylic acids is 1. The highest BCUT2D eigenvalue weighted by atomic mass is 16.6. The number of benzene rings is 2. The van der Waals surface area contributed by atoms with Gasteiger partial charge < -0.3 is 44.5 Å². The molecular weight excluding hydrogens is 516 g/mol. The summed E-state index contributed by atoms with van der Waals surface area (Å²) < 4.78 is 20.7. The lowest BCUT2D eigenvalue weighted by molar-refractivity contribution is -0.204. The molecule has 1 fully saturated rings. The fourth-order valence-electron chi connectivity index (χ4n) is 3.97. The molecule has 2 aromatic rings. The molecule has 1 aliphatic rings. The second-order valence-electron chi connectivity index (χ2n) is 8.72. The van der Waals surface area contributed by atoms with Crippen molar-refractivity contribution in [1.82, 2.24) is 0 Å². The monoisotopic (exact) mass is 544 g/mol. The van der Waals surface area contributed by atoms with Crippen LogP contribution in [0.5, 0.6) is 23.0 Å². The highest BCUT2D eigenvalue weighted by Gasteiger charge is 2.52. The van der Waals surface area contributed by atoms with Gasteiger partial charge in [-0.05, 0) is 47.5 Å². The second kappa shape index (κ2) is 12.3. The molecule has 0 heterocycles. The standard InChI is InChI=1S/C27H28O12/c1-36-19-11-16(12-20(37-2)24(19)32)6-10-23(31)39-25-18(29)13-27(35,26(33)34)14-21(25)38-22(30)9-5-15-3-7-17(28)8-4-15/h3-12,18,21,25,28-29,32,35H,13-14H2,1-2H3,(H,33,34)/b9-5+,10-6+/t18-,21-,25-,27+/m1/s1. The third-order valence-electron chi connectivity index (χ3n) is 5.97. The molecule has 0 bridgehead atoms. The molecule has 0 amide bonds. The maximum atomic E-state index is 12.6. The topological polar surface area (TPSA) is 189 Å². The molecule has 4 atom stereocenters. The number of carboxylic acid groups (broad SMARTS) is 1. The van der Waals surface area contributed by atoms with Crippen LogP contribution >= 0.6 is 0 Å². The fraction of sp³-hybridized carbons (Fsp3) is 0.296. The fourth-order valence-corrected chi connectivity index (χ4v) is 3.97. The van der Waals surface area contributed by atoms with E-state index in [9.17, 15) is 39.9 Å². The van der Waals surface area contributed by atoms with E-state index in [4.69, 9.17) is 18.9 Å². The van der Waals surface area contributed by atoms with Gasteiger partial charge in [-0.2, -0.15) is 0 Å². The minimum atomic E-state index is -2.43. The SMILES string of the molecule is COc1cc(/C=C/C(=O)O[C@@H]2[C@H](O)C[C@@](O)(C(=O)O)C[C@H]2OC(=O)/C=C/c2ccc(O)cc2)cc(OC)c1O. The first-order chi connectivity index (χ1) is 18.4. The first-order valence-corrected chi connectivity index (χ1v) is 11.6. The zero-order valence-corrected chi connectivity index (χ0v) is 21.0. The molecule has 1 aliphatic carbocycles. The van der Waals surface area contributed by atoms with Crippen molar-refractivity contribution in [1.29, 1.82) is 0 Å². The van der Waals surface area contributed by atoms with Gasteiger partial charge in [-0.15, -0.1) is 0 Å². The molecule has 2 aromatic carbocycles. The Kier molecular flexibility index (Phi) is 9.17. The van der Waals surface area contributed by atoms with Gasteiger partial charge in [-0.3, -0.25) is 0 Å². The number of methoxy groups -OCH3 is 2. The van der Waals surface area contributed by atoms with Crippen LogP contribution in [-0.2, 0) is 23.9 Å². The molecule has 12 heteroatoms. The molecule has 0 aliphatic heterocycles. The minimum absolute atomic E-state index is 0.0290. The van der Waals surface area contributed by atoms with Gasteiger partial charge in [0.1, 0.15) is 11.9 Å². The van der Waals surface area contributed by atoms with Gasteiger partial charge in [0.05, 0.1) is 20.3 Å². The van der Waals surface area contributed by atoms with Crippen LogP contribution in [0.4, 0.5) is 0 Å². The summed E-state index contributed by atoms with van der Waals surface area (Å²) in [5, 5.41) is 49.8. The van der Waals surface area contributed by atoms with Crippen LogP contribution in [0, 0.1) is 0 Å². The number of aliphatic hydroxyl groups is 2. The van der Waals surface area contributed by atoms with E-state index in [0.29, 0.717) is 11.1 Å². The summed E-state index contributed by atoms with van der Waals surface area (Å²) in [6, 6.07) is 8.72. The number of rotatable bonds is 9. The molecular formula is C27H28O12. The van der Waals surface area contributed by atoms with Crippen LogP contribution in [0.25, 0.3) is 12.2 Å². The predicted molar refractivity (Wildman–Crippen MR) is 135 cm³/mol. The Hall–Kier alpha value is -4.55. The third-order valence-corrected chi connectivity index (χ3v) is 5.97. The number of ether oxygens (including phenoxy) is 4. The summed E-state index contributed by atoms with van der Waals surface area (Å²) in [6.45, 7) is 0. The van der Waals surface area contributed by atoms with E-state index in [-0.39, 0.29) is 23.0 Å². The van der Waals surface area contributed by atoms with Crippen LogP contribution in [0.3, 0.4) is 0 Å².